The van der Waals surface area contributed by atoms with E-state index in [2.05, 4.69) is 0 Å². The van der Waals surface area contributed by atoms with Gasteiger partial charge < -0.3 is 9.84 Å². The van der Waals surface area contributed by atoms with Crippen LogP contribution in [-0.2, 0) is 0 Å². The largest absolute Gasteiger partial charge is 0.490 e. The lowest BCUT2D eigenvalue weighted by atomic mass is 9.95. The zero-order valence-electron chi connectivity index (χ0n) is 8.53. The smallest absolute Gasteiger partial charge is 0.126 e. The van der Waals surface area contributed by atoms with E-state index >= 15 is 0 Å². The molecule has 2 unspecified atom stereocenters. The standard InChI is InChI=1S/C12H15FO2/c13-9-3-1-5-11(7-9)15-12-6-2-4-10(14)8-12/h1,3,5,7,10,12,14H,2,4,6,8H2. The highest BCUT2D eigenvalue weighted by Gasteiger charge is 2.21. The maximum atomic E-state index is 12.9. The second kappa shape index (κ2) is 4.62. The Hall–Kier alpha value is -1.09. The summed E-state index contributed by atoms with van der Waals surface area (Å²) in [6.45, 7) is 0. The van der Waals surface area contributed by atoms with Crippen LogP contribution in [0.5, 0.6) is 5.75 Å². The van der Waals surface area contributed by atoms with Crippen molar-refractivity contribution in [2.45, 2.75) is 37.9 Å². The number of halogens is 1. The highest BCUT2D eigenvalue weighted by atomic mass is 19.1. The molecular weight excluding hydrogens is 195 g/mol. The number of rotatable bonds is 2. The summed E-state index contributed by atoms with van der Waals surface area (Å²) in [5.74, 6) is 0.262. The summed E-state index contributed by atoms with van der Waals surface area (Å²) < 4.78 is 18.5. The van der Waals surface area contributed by atoms with Gasteiger partial charge in [-0.3, -0.25) is 0 Å². The SMILES string of the molecule is OC1CCCC(Oc2cccc(F)c2)C1. The van der Waals surface area contributed by atoms with E-state index in [-0.39, 0.29) is 18.0 Å². The Morgan fingerprint density at radius 2 is 2.20 bits per heavy atom. The maximum absolute atomic E-state index is 12.9. The van der Waals surface area contributed by atoms with E-state index in [9.17, 15) is 9.50 Å². The van der Waals surface area contributed by atoms with Gasteiger partial charge in [-0.15, -0.1) is 0 Å². The molecule has 0 spiro atoms. The zero-order valence-corrected chi connectivity index (χ0v) is 8.53. The van der Waals surface area contributed by atoms with Gasteiger partial charge in [0.2, 0.25) is 0 Å². The molecule has 0 radical (unpaired) electrons. The minimum Gasteiger partial charge on any atom is -0.490 e. The first-order chi connectivity index (χ1) is 7.24. The third-order valence-electron chi connectivity index (χ3n) is 2.70. The number of hydrogen-bond donors (Lipinski definition) is 1. The Balaban J connectivity index is 1.96. The molecule has 82 valence electrons. The lowest BCUT2D eigenvalue weighted by molar-refractivity contribution is 0.0535. The van der Waals surface area contributed by atoms with E-state index in [0.717, 1.165) is 19.3 Å². The van der Waals surface area contributed by atoms with E-state index < -0.39 is 0 Å². The molecule has 1 aliphatic rings. The van der Waals surface area contributed by atoms with Crippen molar-refractivity contribution in [3.05, 3.63) is 30.1 Å². The second-order valence-electron chi connectivity index (χ2n) is 4.02. The van der Waals surface area contributed by atoms with Crippen molar-refractivity contribution < 1.29 is 14.2 Å². The third kappa shape index (κ3) is 2.93. The molecule has 1 N–H and O–H groups in total. The van der Waals surface area contributed by atoms with Crippen LogP contribution < -0.4 is 4.74 Å². The minimum atomic E-state index is -0.288. The summed E-state index contributed by atoms with van der Waals surface area (Å²) >= 11 is 0. The van der Waals surface area contributed by atoms with Crippen LogP contribution in [0.2, 0.25) is 0 Å². The van der Waals surface area contributed by atoms with Gasteiger partial charge in [-0.2, -0.15) is 0 Å². The summed E-state index contributed by atoms with van der Waals surface area (Å²) in [4.78, 5) is 0. The van der Waals surface area contributed by atoms with Crippen LogP contribution >= 0.6 is 0 Å². The molecule has 1 saturated carbocycles. The van der Waals surface area contributed by atoms with Crippen LogP contribution in [0.3, 0.4) is 0 Å². The Morgan fingerprint density at radius 1 is 1.33 bits per heavy atom. The fourth-order valence-corrected chi connectivity index (χ4v) is 1.96. The molecule has 2 atom stereocenters. The Kier molecular flexibility index (Phi) is 3.21. The molecule has 1 aromatic rings. The first-order valence-corrected chi connectivity index (χ1v) is 5.34. The number of aliphatic hydroxyl groups excluding tert-OH is 1. The molecule has 1 aliphatic carbocycles. The second-order valence-corrected chi connectivity index (χ2v) is 4.02. The van der Waals surface area contributed by atoms with E-state index in [1.807, 2.05) is 0 Å². The molecule has 1 aromatic carbocycles. The van der Waals surface area contributed by atoms with Gasteiger partial charge in [0.25, 0.3) is 0 Å². The normalized spacial score (nSPS) is 26.3. The van der Waals surface area contributed by atoms with Crippen molar-refractivity contribution in [2.75, 3.05) is 0 Å². The van der Waals surface area contributed by atoms with Gasteiger partial charge in [0.05, 0.1) is 6.10 Å². The molecule has 0 aromatic heterocycles. The molecule has 3 heteroatoms. The summed E-state index contributed by atoms with van der Waals surface area (Å²) in [6.07, 6.45) is 3.17. The van der Waals surface area contributed by atoms with Crippen molar-refractivity contribution in [1.82, 2.24) is 0 Å². The number of aliphatic hydroxyl groups is 1. The van der Waals surface area contributed by atoms with Crippen LogP contribution in [0.15, 0.2) is 24.3 Å². The molecule has 0 aliphatic heterocycles. The molecule has 0 bridgehead atoms. The lowest BCUT2D eigenvalue weighted by Crippen LogP contribution is -2.28. The van der Waals surface area contributed by atoms with Crippen molar-refractivity contribution in [3.63, 3.8) is 0 Å². The average Bonchev–Trinajstić information content (AvgIpc) is 2.17. The predicted molar refractivity (Wildman–Crippen MR) is 55.3 cm³/mol. The summed E-state index contributed by atoms with van der Waals surface area (Å²) in [5, 5.41) is 9.46. The molecule has 0 saturated heterocycles. The van der Waals surface area contributed by atoms with Gasteiger partial charge in [-0.05, 0) is 31.4 Å². The van der Waals surface area contributed by atoms with E-state index in [1.165, 1.54) is 12.1 Å². The average molecular weight is 210 g/mol. The van der Waals surface area contributed by atoms with Gasteiger partial charge in [-0.25, -0.2) is 4.39 Å². The van der Waals surface area contributed by atoms with Crippen molar-refractivity contribution in [3.8, 4) is 5.75 Å². The Morgan fingerprint density at radius 3 is 2.93 bits per heavy atom. The predicted octanol–water partition coefficient (Wildman–Crippen LogP) is 2.51. The van der Waals surface area contributed by atoms with Crippen molar-refractivity contribution in [2.24, 2.45) is 0 Å². The van der Waals surface area contributed by atoms with Gasteiger partial charge in [0.1, 0.15) is 17.7 Å². The molecule has 2 rings (SSSR count). The third-order valence-corrected chi connectivity index (χ3v) is 2.70. The minimum absolute atomic E-state index is 0.0237. The Labute approximate surface area is 88.7 Å². The molecule has 0 heterocycles. The van der Waals surface area contributed by atoms with Crippen LogP contribution in [-0.4, -0.2) is 17.3 Å². The first-order valence-electron chi connectivity index (χ1n) is 5.34. The highest BCUT2D eigenvalue weighted by Crippen LogP contribution is 2.23. The van der Waals surface area contributed by atoms with Crippen LogP contribution in [0, 0.1) is 5.82 Å². The maximum Gasteiger partial charge on any atom is 0.126 e. The molecule has 0 amide bonds. The molecule has 15 heavy (non-hydrogen) atoms. The molecular formula is C12H15FO2. The van der Waals surface area contributed by atoms with Crippen LogP contribution in [0.4, 0.5) is 4.39 Å². The van der Waals surface area contributed by atoms with E-state index in [0.29, 0.717) is 12.2 Å². The summed E-state index contributed by atoms with van der Waals surface area (Å²) in [6, 6.07) is 6.14. The quantitative estimate of drug-likeness (QED) is 0.812. The fraction of sp³-hybridized carbons (Fsp3) is 0.500. The first kappa shape index (κ1) is 10.4. The van der Waals surface area contributed by atoms with Crippen molar-refractivity contribution >= 4 is 0 Å². The van der Waals surface area contributed by atoms with E-state index in [4.69, 9.17) is 4.74 Å². The monoisotopic (exact) mass is 210 g/mol. The molecule has 1 fully saturated rings. The molecule has 2 nitrogen and oxygen atoms in total. The summed E-state index contributed by atoms with van der Waals surface area (Å²) in [5.41, 5.74) is 0. The van der Waals surface area contributed by atoms with Gasteiger partial charge in [0, 0.05) is 12.5 Å². The number of hydrogen-bond acceptors (Lipinski definition) is 2. The van der Waals surface area contributed by atoms with Gasteiger partial charge in [0.15, 0.2) is 0 Å². The van der Waals surface area contributed by atoms with Crippen molar-refractivity contribution in [1.29, 1.82) is 0 Å². The summed E-state index contributed by atoms with van der Waals surface area (Å²) in [7, 11) is 0. The fourth-order valence-electron chi connectivity index (χ4n) is 1.96. The Bertz CT molecular complexity index is 327. The van der Waals surface area contributed by atoms with Gasteiger partial charge in [-0.1, -0.05) is 6.07 Å². The highest BCUT2D eigenvalue weighted by molar-refractivity contribution is 5.22. The zero-order chi connectivity index (χ0) is 10.7. The number of benzene rings is 1. The number of ether oxygens (including phenoxy) is 1. The van der Waals surface area contributed by atoms with E-state index in [1.54, 1.807) is 12.1 Å². The lowest BCUT2D eigenvalue weighted by Gasteiger charge is -2.26. The van der Waals surface area contributed by atoms with Gasteiger partial charge >= 0.3 is 0 Å². The van der Waals surface area contributed by atoms with Crippen LogP contribution in [0.1, 0.15) is 25.7 Å². The topological polar surface area (TPSA) is 29.5 Å². The van der Waals surface area contributed by atoms with Crippen LogP contribution in [0.25, 0.3) is 0 Å².